The molecule has 0 saturated carbocycles. The van der Waals surface area contributed by atoms with Crippen LogP contribution in [0.25, 0.3) is 11.2 Å². The molecule has 4 N–H and O–H groups in total. The number of nitrogens with zero attached hydrogens (tertiary/aromatic N) is 6. The van der Waals surface area contributed by atoms with Crippen LogP contribution in [0.2, 0.25) is 16.6 Å². The lowest BCUT2D eigenvalue weighted by molar-refractivity contribution is -0.214. The second-order valence-corrected chi connectivity index (χ2v) is 27.0. The van der Waals surface area contributed by atoms with Gasteiger partial charge in [0.25, 0.3) is 11.1 Å². The smallest absolute Gasteiger partial charge is 0.456 e. The minimum absolute atomic E-state index is 0.0798. The van der Waals surface area contributed by atoms with Crippen molar-refractivity contribution in [1.29, 1.82) is 5.26 Å². The fourth-order valence-corrected chi connectivity index (χ4v) is 16.2. The largest absolute Gasteiger partial charge is 0.474 e. The number of aromatic amines is 2. The molecule has 5 rings (SSSR count). The van der Waals surface area contributed by atoms with Crippen molar-refractivity contribution < 1.29 is 70.5 Å². The van der Waals surface area contributed by atoms with Crippen LogP contribution in [0.4, 0.5) is 5.95 Å². The summed E-state index contributed by atoms with van der Waals surface area (Å²) in [6.45, 7) is 19.6. The van der Waals surface area contributed by atoms with Gasteiger partial charge in [0.2, 0.25) is 11.9 Å². The molecule has 0 spiro atoms. The van der Waals surface area contributed by atoms with Crippen LogP contribution in [-0.4, -0.2) is 168 Å². The molecule has 7 atom stereocenters. The van der Waals surface area contributed by atoms with Gasteiger partial charge < -0.3 is 38.0 Å². The van der Waals surface area contributed by atoms with Gasteiger partial charge in [-0.25, -0.2) is 14.3 Å². The van der Waals surface area contributed by atoms with E-state index < -0.39 is 106 Å². The van der Waals surface area contributed by atoms with Crippen molar-refractivity contribution in [2.45, 2.75) is 136 Å². The van der Waals surface area contributed by atoms with Crippen molar-refractivity contribution in [2.24, 2.45) is 5.92 Å². The number of morpholine rings is 1. The summed E-state index contributed by atoms with van der Waals surface area (Å²) in [6.07, 6.45) is -3.92. The second kappa shape index (κ2) is 27.5. The molecule has 1 amide bonds. The third-order valence-electron chi connectivity index (χ3n) is 13.0. The number of anilines is 1. The lowest BCUT2D eigenvalue weighted by atomic mass is 10.0. The topological polar surface area (TPSA) is 338 Å². The monoisotopic (exact) mass is 1110 g/mol. The molecule has 2 aliphatic heterocycles. The van der Waals surface area contributed by atoms with Gasteiger partial charge in [-0.05, 0) is 23.5 Å². The number of phosphoric acid groups is 1. The van der Waals surface area contributed by atoms with E-state index in [9.17, 15) is 38.4 Å². The predicted molar refractivity (Wildman–Crippen MR) is 273 cm³/mol. The molecule has 0 radical (unpaired) electrons. The number of rotatable bonds is 29. The molecular formula is C47H74N9O18PSi. The average molecular weight is 1110 g/mol. The number of fused-ring (bicyclic) bond motifs is 1. The summed E-state index contributed by atoms with van der Waals surface area (Å²) >= 11 is 0. The first kappa shape index (κ1) is 61.8. The molecule has 3 aromatic heterocycles. The Bertz CT molecular complexity index is 2700. The Labute approximate surface area is 440 Å². The van der Waals surface area contributed by atoms with E-state index in [1.54, 1.807) is 20.8 Å². The van der Waals surface area contributed by atoms with Crippen LogP contribution in [0, 0.1) is 24.2 Å². The molecule has 424 valence electrons. The Kier molecular flexibility index (Phi) is 22.4. The number of esters is 2. The number of aromatic nitrogens is 6. The van der Waals surface area contributed by atoms with Crippen LogP contribution in [0.1, 0.15) is 93.7 Å². The molecule has 29 heteroatoms. The number of aliphatic hydroxyl groups is 1. The van der Waals surface area contributed by atoms with Gasteiger partial charge in [0.05, 0.1) is 78.3 Å². The number of imidazole rings is 1. The number of nitriles is 1. The number of nitrogens with one attached hydrogen (secondary N) is 3. The predicted octanol–water partition coefficient (Wildman–Crippen LogP) is 3.19. The number of H-pyrrole nitrogens is 2. The molecule has 5 heterocycles. The van der Waals surface area contributed by atoms with Crippen molar-refractivity contribution in [3.05, 3.63) is 49.3 Å². The highest BCUT2D eigenvalue weighted by Crippen LogP contribution is 2.50. The summed E-state index contributed by atoms with van der Waals surface area (Å²) in [7, 11) is -6.93. The zero-order chi connectivity index (χ0) is 56.1. The van der Waals surface area contributed by atoms with Gasteiger partial charge in [0.15, 0.2) is 44.1 Å². The summed E-state index contributed by atoms with van der Waals surface area (Å²) < 4.78 is 75.7. The summed E-state index contributed by atoms with van der Waals surface area (Å²) in [5.41, 5.74) is -2.24. The molecular weight excluding hydrogens is 1040 g/mol. The van der Waals surface area contributed by atoms with Crippen molar-refractivity contribution in [3.63, 3.8) is 0 Å². The zero-order valence-electron chi connectivity index (χ0n) is 45.1. The Morgan fingerprint density at radius 2 is 1.54 bits per heavy atom. The first-order chi connectivity index (χ1) is 35.9. The fourth-order valence-electron chi connectivity index (χ4n) is 9.49. The van der Waals surface area contributed by atoms with Gasteiger partial charge in [-0.2, -0.15) is 10.2 Å². The summed E-state index contributed by atoms with van der Waals surface area (Å²) in [5, 5.41) is 22.6. The Hall–Kier alpha value is -5.02. The van der Waals surface area contributed by atoms with Crippen LogP contribution in [-0.2, 0) is 65.4 Å². The van der Waals surface area contributed by atoms with Gasteiger partial charge in [-0.15, -0.1) is 0 Å². The average Bonchev–Trinajstić information content (AvgIpc) is 3.91. The second-order valence-electron chi connectivity index (χ2n) is 19.9. The third-order valence-corrected chi connectivity index (χ3v) is 20.5. The Balaban J connectivity index is 1.20. The molecule has 0 aromatic carbocycles. The van der Waals surface area contributed by atoms with E-state index in [1.165, 1.54) is 21.7 Å². The number of amides is 1. The van der Waals surface area contributed by atoms with Gasteiger partial charge >= 0.3 is 25.5 Å². The van der Waals surface area contributed by atoms with Crippen molar-refractivity contribution in [3.8, 4) is 6.07 Å². The summed E-state index contributed by atoms with van der Waals surface area (Å²) in [6, 6.07) is 1.88. The van der Waals surface area contributed by atoms with Gasteiger partial charge in [0.1, 0.15) is 11.7 Å². The molecule has 76 heavy (non-hydrogen) atoms. The van der Waals surface area contributed by atoms with Gasteiger partial charge in [-0.1, -0.05) is 55.4 Å². The lowest BCUT2D eigenvalue weighted by Gasteiger charge is -2.49. The van der Waals surface area contributed by atoms with E-state index in [1.807, 2.05) is 11.0 Å². The minimum atomic E-state index is -4.51. The number of hydrogen-bond acceptors (Lipinski definition) is 22. The molecule has 27 nitrogen and oxygen atoms in total. The molecule has 0 bridgehead atoms. The maximum Gasteiger partial charge on any atom is 0.474 e. The number of carbonyl (C=O) groups excluding carboxylic acids is 3. The van der Waals surface area contributed by atoms with Crippen molar-refractivity contribution >= 4 is 51.1 Å². The normalized spacial score (nSPS) is 22.1. The van der Waals surface area contributed by atoms with Crippen LogP contribution in [0.5, 0.6) is 0 Å². The molecule has 2 fully saturated rings. The molecule has 0 aliphatic carbocycles. The van der Waals surface area contributed by atoms with E-state index >= 15 is 0 Å². The van der Waals surface area contributed by atoms with E-state index in [0.29, 0.717) is 12.1 Å². The minimum Gasteiger partial charge on any atom is -0.456 e. The molecule has 3 aromatic rings. The maximum absolute atomic E-state index is 14.0. The van der Waals surface area contributed by atoms with Crippen molar-refractivity contribution in [2.75, 3.05) is 84.4 Å². The maximum atomic E-state index is 14.0. The molecule has 1 unspecified atom stereocenters. The van der Waals surface area contributed by atoms with Crippen LogP contribution >= 0.6 is 7.82 Å². The fraction of sp³-hybridized carbons (Fsp3) is 0.723. The number of ether oxygens (including phenoxy) is 6. The lowest BCUT2D eigenvalue weighted by Crippen LogP contribution is -2.62. The van der Waals surface area contributed by atoms with Gasteiger partial charge in [-0.3, -0.25) is 66.9 Å². The van der Waals surface area contributed by atoms with E-state index in [-0.39, 0.29) is 99.5 Å². The quantitative estimate of drug-likeness (QED) is 0.0336. The number of phosphoric ester groups is 1. The highest BCUT2D eigenvalue weighted by molar-refractivity contribution is 7.48. The first-order valence-corrected chi connectivity index (χ1v) is 28.8. The van der Waals surface area contributed by atoms with Gasteiger partial charge in [0, 0.05) is 51.2 Å². The van der Waals surface area contributed by atoms with Crippen LogP contribution < -0.4 is 22.1 Å². The molecule has 2 aliphatic rings. The van der Waals surface area contributed by atoms with Crippen LogP contribution in [0.15, 0.2) is 26.9 Å². The summed E-state index contributed by atoms with van der Waals surface area (Å²) in [5.74, 6) is -2.70. The third kappa shape index (κ3) is 15.6. The highest BCUT2D eigenvalue weighted by atomic mass is 31.2. The summed E-state index contributed by atoms with van der Waals surface area (Å²) in [4.78, 5) is 90.9. The number of aliphatic hydroxyl groups excluding tert-OH is 1. The van der Waals surface area contributed by atoms with E-state index in [0.717, 1.165) is 13.8 Å². The zero-order valence-corrected chi connectivity index (χ0v) is 47.0. The highest BCUT2D eigenvalue weighted by Gasteiger charge is 2.52. The number of aryl methyl sites for hydroxylation is 1. The van der Waals surface area contributed by atoms with E-state index in [4.69, 9.17) is 51.7 Å². The Morgan fingerprint density at radius 3 is 2.16 bits per heavy atom. The first-order valence-electron chi connectivity index (χ1n) is 25.2. The number of hydrogen-bond donors (Lipinski definition) is 4. The van der Waals surface area contributed by atoms with Crippen molar-refractivity contribution in [1.82, 2.24) is 34.0 Å². The standard InChI is InChI=1S/C47H74N9O18PSi/c1-28(2)41(60)51-45-50-40-37(43(62)52-45)49-27-56(40)44-39(72-34(11)59)38(71-33(10)58)35(73-44)23-69-75(64,67-15-12-13-48)68-20-19-66-18-17-65-16-14-54-22-36(55-21-32(9)42(61)53-46(55)63)74-47(24-54,25-57)26-70-76(29(3)4,30(5)6)31(7)8/h21,27-31,35-36,38-39,44,57H,12,14-20,22-26H2,1-11H3,(H,53,61,63)(H2,50,51,52,60,62)/t35-,36-,38-,39-,44-,47+,75?/m1/s1. The SMILES string of the molecule is CC(=O)O[C@@H]1[C@H](OC(C)=O)[C@@H](COP(=O)(OCCC#N)OCCOCCOCCN2C[C@H](n3cc(C)c(=O)[nH]c3=O)O[C@@](CO)(CO[Si](C(C)C)(C(C)C)C(C)C)C2)O[C@H]1n1cnc2c(=O)[nH]c(NC(=O)C(C)C)nc21. The Morgan fingerprint density at radius 1 is 0.908 bits per heavy atom. The van der Waals surface area contributed by atoms with E-state index in [2.05, 4.69) is 66.8 Å². The van der Waals surface area contributed by atoms with Crippen LogP contribution in [0.3, 0.4) is 0 Å². The number of carbonyl (C=O) groups is 3. The molecule has 2 saturated heterocycles.